The molecule has 140 valence electrons. The number of benzene rings is 3. The van der Waals surface area contributed by atoms with Crippen molar-refractivity contribution in [3.8, 4) is 5.75 Å². The van der Waals surface area contributed by atoms with Crippen molar-refractivity contribution in [3.05, 3.63) is 83.6 Å². The maximum atomic E-state index is 12.3. The molecular formula is C24H21NO3. The Kier molecular flexibility index (Phi) is 4.94. The fourth-order valence-corrected chi connectivity index (χ4v) is 2.97. The minimum absolute atomic E-state index is 0.282. The third kappa shape index (κ3) is 3.96. The maximum Gasteiger partial charge on any atom is 0.363 e. The van der Waals surface area contributed by atoms with E-state index in [1.165, 1.54) is 0 Å². The van der Waals surface area contributed by atoms with Crippen molar-refractivity contribution in [1.82, 2.24) is 0 Å². The predicted molar refractivity (Wildman–Crippen MR) is 111 cm³/mol. The standard InChI is InChI=1S/C24H21NO3/c1-16(2)15-27-21-9-5-6-17(12-21)13-22-24(26)28-23(25-22)20-11-10-18-7-3-4-8-19(18)14-20/h3-14,16H,15H2,1-2H3/b22-13-. The number of hydrogen-bond donors (Lipinski definition) is 0. The van der Waals surface area contributed by atoms with Gasteiger partial charge >= 0.3 is 5.97 Å². The number of hydrogen-bond acceptors (Lipinski definition) is 4. The van der Waals surface area contributed by atoms with Crippen LogP contribution in [0.1, 0.15) is 25.0 Å². The van der Waals surface area contributed by atoms with E-state index in [-0.39, 0.29) is 5.70 Å². The summed E-state index contributed by atoms with van der Waals surface area (Å²) >= 11 is 0. The van der Waals surface area contributed by atoms with Crippen LogP contribution < -0.4 is 4.74 Å². The van der Waals surface area contributed by atoms with Crippen molar-refractivity contribution in [2.24, 2.45) is 10.9 Å². The van der Waals surface area contributed by atoms with E-state index in [2.05, 4.69) is 18.8 Å². The number of carbonyl (C=O) groups excluding carboxylic acids is 1. The molecule has 1 heterocycles. The highest BCUT2D eigenvalue weighted by Crippen LogP contribution is 2.23. The van der Waals surface area contributed by atoms with Gasteiger partial charge in [-0.25, -0.2) is 9.79 Å². The molecule has 4 heteroatoms. The second kappa shape index (κ2) is 7.69. The highest BCUT2D eigenvalue weighted by molar-refractivity contribution is 6.13. The lowest BCUT2D eigenvalue weighted by Crippen LogP contribution is -2.05. The minimum atomic E-state index is -0.448. The number of cyclic esters (lactones) is 1. The van der Waals surface area contributed by atoms with Gasteiger partial charge in [-0.3, -0.25) is 0 Å². The molecule has 4 nitrogen and oxygen atoms in total. The highest BCUT2D eigenvalue weighted by atomic mass is 16.6. The van der Waals surface area contributed by atoms with Gasteiger partial charge < -0.3 is 9.47 Å². The van der Waals surface area contributed by atoms with Gasteiger partial charge in [-0.05, 0) is 52.6 Å². The molecule has 0 N–H and O–H groups in total. The van der Waals surface area contributed by atoms with Crippen LogP contribution in [0.3, 0.4) is 0 Å². The number of ether oxygens (including phenoxy) is 2. The van der Waals surface area contributed by atoms with Gasteiger partial charge in [0, 0.05) is 5.56 Å². The third-order valence-corrected chi connectivity index (χ3v) is 4.36. The summed E-state index contributed by atoms with van der Waals surface area (Å²) in [5, 5.41) is 2.20. The quantitative estimate of drug-likeness (QED) is 0.456. The van der Waals surface area contributed by atoms with E-state index in [4.69, 9.17) is 9.47 Å². The fraction of sp³-hybridized carbons (Fsp3) is 0.167. The van der Waals surface area contributed by atoms with E-state index in [0.29, 0.717) is 18.4 Å². The molecule has 3 aromatic carbocycles. The van der Waals surface area contributed by atoms with E-state index in [9.17, 15) is 4.79 Å². The van der Waals surface area contributed by atoms with Crippen molar-refractivity contribution in [2.75, 3.05) is 6.61 Å². The monoisotopic (exact) mass is 371 g/mol. The number of esters is 1. The second-order valence-corrected chi connectivity index (χ2v) is 7.18. The Bertz CT molecular complexity index is 1100. The molecular weight excluding hydrogens is 350 g/mol. The summed E-state index contributed by atoms with van der Waals surface area (Å²) in [7, 11) is 0. The third-order valence-electron chi connectivity index (χ3n) is 4.36. The molecule has 0 radical (unpaired) electrons. The van der Waals surface area contributed by atoms with Gasteiger partial charge in [-0.1, -0.05) is 56.3 Å². The van der Waals surface area contributed by atoms with Gasteiger partial charge in [0.05, 0.1) is 6.61 Å². The van der Waals surface area contributed by atoms with Gasteiger partial charge in [0.15, 0.2) is 5.70 Å². The Hall–Kier alpha value is -3.40. The maximum absolute atomic E-state index is 12.3. The molecule has 0 saturated heterocycles. The molecule has 0 saturated carbocycles. The molecule has 1 aliphatic heterocycles. The summed E-state index contributed by atoms with van der Waals surface area (Å²) in [5.41, 5.74) is 1.91. The van der Waals surface area contributed by atoms with Crippen molar-refractivity contribution >= 4 is 28.7 Å². The van der Waals surface area contributed by atoms with Crippen LogP contribution in [-0.4, -0.2) is 18.5 Å². The Morgan fingerprint density at radius 2 is 1.82 bits per heavy atom. The molecule has 0 aliphatic carbocycles. The molecule has 0 bridgehead atoms. The molecule has 0 atom stereocenters. The normalized spacial score (nSPS) is 15.2. The lowest BCUT2D eigenvalue weighted by molar-refractivity contribution is -0.129. The molecule has 4 rings (SSSR count). The topological polar surface area (TPSA) is 47.9 Å². The average Bonchev–Trinajstić information content (AvgIpc) is 3.06. The zero-order valence-corrected chi connectivity index (χ0v) is 15.9. The first-order valence-corrected chi connectivity index (χ1v) is 9.33. The van der Waals surface area contributed by atoms with E-state index >= 15 is 0 Å². The summed E-state index contributed by atoms with van der Waals surface area (Å²) in [6.07, 6.45) is 1.72. The Morgan fingerprint density at radius 3 is 2.64 bits per heavy atom. The molecule has 0 fully saturated rings. The lowest BCUT2D eigenvalue weighted by Gasteiger charge is -2.08. The van der Waals surface area contributed by atoms with Crippen LogP contribution in [0.4, 0.5) is 0 Å². The number of carbonyl (C=O) groups is 1. The van der Waals surface area contributed by atoms with E-state index < -0.39 is 5.97 Å². The van der Waals surface area contributed by atoms with Crippen LogP contribution in [-0.2, 0) is 9.53 Å². The number of aliphatic imine (C=N–C) groups is 1. The first-order valence-electron chi connectivity index (χ1n) is 9.33. The Labute approximate surface area is 164 Å². The van der Waals surface area contributed by atoms with E-state index in [0.717, 1.165) is 27.6 Å². The number of rotatable bonds is 5. The molecule has 0 amide bonds. The van der Waals surface area contributed by atoms with Crippen LogP contribution in [0.2, 0.25) is 0 Å². The first-order chi connectivity index (χ1) is 13.6. The molecule has 3 aromatic rings. The van der Waals surface area contributed by atoms with Crippen LogP contribution in [0.15, 0.2) is 77.4 Å². The summed E-state index contributed by atoms with van der Waals surface area (Å²) in [6.45, 7) is 4.85. The lowest BCUT2D eigenvalue weighted by atomic mass is 10.1. The molecule has 0 unspecified atom stereocenters. The smallest absolute Gasteiger partial charge is 0.363 e. The van der Waals surface area contributed by atoms with Crippen LogP contribution >= 0.6 is 0 Å². The molecule has 0 aromatic heterocycles. The molecule has 28 heavy (non-hydrogen) atoms. The SMILES string of the molecule is CC(C)COc1cccc(/C=C2\N=C(c3ccc4ccccc4c3)OC2=O)c1. The van der Waals surface area contributed by atoms with Gasteiger partial charge in [0.2, 0.25) is 5.90 Å². The predicted octanol–water partition coefficient (Wildman–Crippen LogP) is 5.22. The fourth-order valence-electron chi connectivity index (χ4n) is 2.97. The summed E-state index contributed by atoms with van der Waals surface area (Å²) < 4.78 is 11.2. The van der Waals surface area contributed by atoms with Crippen molar-refractivity contribution in [3.63, 3.8) is 0 Å². The number of nitrogens with zero attached hydrogens (tertiary/aromatic N) is 1. The minimum Gasteiger partial charge on any atom is -0.493 e. The van der Waals surface area contributed by atoms with Gasteiger partial charge in [0.25, 0.3) is 0 Å². The van der Waals surface area contributed by atoms with Crippen LogP contribution in [0.5, 0.6) is 5.75 Å². The summed E-state index contributed by atoms with van der Waals surface area (Å²) in [5.74, 6) is 1.10. The van der Waals surface area contributed by atoms with Crippen LogP contribution in [0.25, 0.3) is 16.8 Å². The van der Waals surface area contributed by atoms with Gasteiger partial charge in [-0.15, -0.1) is 0 Å². The zero-order valence-electron chi connectivity index (χ0n) is 15.9. The largest absolute Gasteiger partial charge is 0.493 e. The van der Waals surface area contributed by atoms with Gasteiger partial charge in [-0.2, -0.15) is 0 Å². The average molecular weight is 371 g/mol. The van der Waals surface area contributed by atoms with E-state index in [1.54, 1.807) is 6.08 Å². The molecule has 0 spiro atoms. The van der Waals surface area contributed by atoms with Crippen molar-refractivity contribution < 1.29 is 14.3 Å². The number of fused-ring (bicyclic) bond motifs is 1. The van der Waals surface area contributed by atoms with Gasteiger partial charge in [0.1, 0.15) is 5.75 Å². The Morgan fingerprint density at radius 1 is 1.00 bits per heavy atom. The van der Waals surface area contributed by atoms with E-state index in [1.807, 2.05) is 66.7 Å². The zero-order chi connectivity index (χ0) is 19.5. The van der Waals surface area contributed by atoms with Crippen LogP contribution in [0, 0.1) is 5.92 Å². The summed E-state index contributed by atoms with van der Waals surface area (Å²) in [4.78, 5) is 16.7. The highest BCUT2D eigenvalue weighted by Gasteiger charge is 2.24. The first kappa shape index (κ1) is 18.0. The molecule has 1 aliphatic rings. The second-order valence-electron chi connectivity index (χ2n) is 7.18. The van der Waals surface area contributed by atoms with Crippen molar-refractivity contribution in [1.29, 1.82) is 0 Å². The Balaban J connectivity index is 1.60. The van der Waals surface area contributed by atoms with Crippen molar-refractivity contribution in [2.45, 2.75) is 13.8 Å². The summed E-state index contributed by atoms with van der Waals surface area (Å²) in [6, 6.07) is 21.5.